The van der Waals surface area contributed by atoms with Gasteiger partial charge in [-0.2, -0.15) is 26.3 Å². The third kappa shape index (κ3) is 4.07. The van der Waals surface area contributed by atoms with Gasteiger partial charge in [-0.3, -0.25) is 9.59 Å². The Hall–Kier alpha value is -1.95. The third-order valence-electron chi connectivity index (χ3n) is 4.13. The number of hydrogen-bond donors (Lipinski definition) is 1. The second kappa shape index (κ2) is 7.82. The van der Waals surface area contributed by atoms with E-state index in [2.05, 4.69) is 4.74 Å². The van der Waals surface area contributed by atoms with Crippen LogP contribution in [0.15, 0.2) is 23.1 Å². The van der Waals surface area contributed by atoms with Gasteiger partial charge in [0.25, 0.3) is 5.60 Å². The maximum atomic E-state index is 13.0. The van der Waals surface area contributed by atoms with E-state index >= 15 is 0 Å². The summed E-state index contributed by atoms with van der Waals surface area (Å²) in [5, 5.41) is 9.51. The molecule has 0 saturated carbocycles. The van der Waals surface area contributed by atoms with E-state index in [0.29, 0.717) is 12.1 Å². The SMILES string of the molecule is COC(=O)CCC(=O)N1CCSc2cc(C(O)(C(F)(F)F)C(F)(F)F)ccc21. The molecule has 1 heterocycles. The lowest BCUT2D eigenvalue weighted by atomic mass is 9.92. The first kappa shape index (κ1) is 22.3. The highest BCUT2D eigenvalue weighted by molar-refractivity contribution is 7.99. The fourth-order valence-corrected chi connectivity index (χ4v) is 3.67. The standard InChI is InChI=1S/C16H15F6NO4S/c1-27-13(25)5-4-12(24)23-6-7-28-11-8-9(2-3-10(11)23)14(26,15(17,18)19)16(20,21)22/h2-3,8,26H,4-7H2,1H3. The van der Waals surface area contributed by atoms with Crippen LogP contribution < -0.4 is 4.90 Å². The number of nitrogens with zero attached hydrogens (tertiary/aromatic N) is 1. The molecule has 0 saturated heterocycles. The van der Waals surface area contributed by atoms with Crippen molar-refractivity contribution in [3.05, 3.63) is 23.8 Å². The van der Waals surface area contributed by atoms with Crippen LogP contribution in [0.2, 0.25) is 0 Å². The summed E-state index contributed by atoms with van der Waals surface area (Å²) >= 11 is 0.959. The first-order valence-electron chi connectivity index (χ1n) is 7.83. The summed E-state index contributed by atoms with van der Waals surface area (Å²) in [6.45, 7) is 0.166. The van der Waals surface area contributed by atoms with E-state index in [0.717, 1.165) is 24.9 Å². The number of halogens is 6. The van der Waals surface area contributed by atoms with E-state index in [1.165, 1.54) is 4.90 Å². The van der Waals surface area contributed by atoms with Crippen LogP contribution in [0.3, 0.4) is 0 Å². The maximum Gasteiger partial charge on any atom is 0.430 e. The summed E-state index contributed by atoms with van der Waals surface area (Å²) < 4.78 is 82.7. The number of carbonyl (C=O) groups excluding carboxylic acids is 2. The summed E-state index contributed by atoms with van der Waals surface area (Å²) in [6, 6.07) is 2.00. The van der Waals surface area contributed by atoms with Crippen molar-refractivity contribution in [2.24, 2.45) is 0 Å². The highest BCUT2D eigenvalue weighted by Crippen LogP contribution is 2.51. The van der Waals surface area contributed by atoms with Crippen molar-refractivity contribution in [3.63, 3.8) is 0 Å². The van der Waals surface area contributed by atoms with Crippen LogP contribution in [0, 0.1) is 0 Å². The average molecular weight is 431 g/mol. The molecule has 0 fully saturated rings. The van der Waals surface area contributed by atoms with Crippen molar-refractivity contribution in [2.75, 3.05) is 24.3 Å². The van der Waals surface area contributed by atoms with Crippen molar-refractivity contribution in [3.8, 4) is 0 Å². The van der Waals surface area contributed by atoms with Gasteiger partial charge in [-0.05, 0) is 12.1 Å². The molecule has 1 aromatic carbocycles. The van der Waals surface area contributed by atoms with Gasteiger partial charge in [0.15, 0.2) is 0 Å². The topological polar surface area (TPSA) is 66.8 Å². The van der Waals surface area contributed by atoms with E-state index < -0.39 is 35.4 Å². The lowest BCUT2D eigenvalue weighted by Crippen LogP contribution is -2.54. The first-order chi connectivity index (χ1) is 12.8. The second-order valence-corrected chi connectivity index (χ2v) is 7.00. The number of ether oxygens (including phenoxy) is 1. The minimum Gasteiger partial charge on any atom is -0.469 e. The van der Waals surface area contributed by atoms with E-state index in [9.17, 15) is 41.0 Å². The van der Waals surface area contributed by atoms with Gasteiger partial charge in [0.2, 0.25) is 5.91 Å². The molecule has 0 atom stereocenters. The Balaban J connectivity index is 2.39. The number of benzene rings is 1. The van der Waals surface area contributed by atoms with Crippen molar-refractivity contribution < 1.29 is 45.8 Å². The molecule has 1 amide bonds. The number of fused-ring (bicyclic) bond motifs is 1. The normalized spacial score (nSPS) is 15.2. The molecule has 1 aromatic rings. The molecule has 156 valence electrons. The molecular weight excluding hydrogens is 416 g/mol. The number of aliphatic hydroxyl groups is 1. The lowest BCUT2D eigenvalue weighted by Gasteiger charge is -2.34. The number of esters is 1. The van der Waals surface area contributed by atoms with Crippen LogP contribution in [0.25, 0.3) is 0 Å². The van der Waals surface area contributed by atoms with E-state index in [1.807, 2.05) is 0 Å². The van der Waals surface area contributed by atoms with Gasteiger partial charge < -0.3 is 14.7 Å². The fraction of sp³-hybridized carbons (Fsp3) is 0.500. The summed E-state index contributed by atoms with van der Waals surface area (Å²) in [4.78, 5) is 24.6. The zero-order valence-electron chi connectivity index (χ0n) is 14.4. The van der Waals surface area contributed by atoms with E-state index in [1.54, 1.807) is 0 Å². The first-order valence-corrected chi connectivity index (χ1v) is 8.82. The molecule has 1 aliphatic rings. The smallest absolute Gasteiger partial charge is 0.430 e. The molecule has 2 rings (SSSR count). The summed E-state index contributed by atoms with van der Waals surface area (Å²) in [6.07, 6.45) is -12.4. The van der Waals surface area contributed by atoms with Crippen molar-refractivity contribution in [1.29, 1.82) is 0 Å². The van der Waals surface area contributed by atoms with Crippen LogP contribution in [-0.4, -0.2) is 48.7 Å². The van der Waals surface area contributed by atoms with Crippen LogP contribution in [0.4, 0.5) is 32.0 Å². The Morgan fingerprint density at radius 1 is 1.14 bits per heavy atom. The van der Waals surface area contributed by atoms with Crippen LogP contribution >= 0.6 is 11.8 Å². The zero-order chi connectivity index (χ0) is 21.3. The summed E-state index contributed by atoms with van der Waals surface area (Å²) in [5.74, 6) is -0.936. The second-order valence-electron chi connectivity index (χ2n) is 5.86. The van der Waals surface area contributed by atoms with Crippen molar-refractivity contribution in [2.45, 2.75) is 35.7 Å². The largest absolute Gasteiger partial charge is 0.469 e. The highest BCUT2D eigenvalue weighted by atomic mass is 32.2. The van der Waals surface area contributed by atoms with Crippen LogP contribution in [0.1, 0.15) is 18.4 Å². The Morgan fingerprint density at radius 3 is 2.29 bits per heavy atom. The quantitative estimate of drug-likeness (QED) is 0.585. The molecule has 0 radical (unpaired) electrons. The van der Waals surface area contributed by atoms with Gasteiger partial charge in [-0.1, -0.05) is 6.07 Å². The third-order valence-corrected chi connectivity index (χ3v) is 5.16. The number of carbonyl (C=O) groups is 2. The Bertz CT molecular complexity index is 750. The van der Waals surface area contributed by atoms with E-state index in [4.69, 9.17) is 0 Å². The van der Waals surface area contributed by atoms with Gasteiger partial charge in [-0.15, -0.1) is 11.8 Å². The number of anilines is 1. The number of methoxy groups -OCH3 is 1. The molecule has 28 heavy (non-hydrogen) atoms. The number of thioether (sulfide) groups is 1. The van der Waals surface area contributed by atoms with Gasteiger partial charge >= 0.3 is 18.3 Å². The Kier molecular flexibility index (Phi) is 6.24. The average Bonchev–Trinajstić information content (AvgIpc) is 2.62. The van der Waals surface area contributed by atoms with Gasteiger partial charge in [-0.25, -0.2) is 0 Å². The van der Waals surface area contributed by atoms with Gasteiger partial charge in [0.1, 0.15) is 0 Å². The number of amides is 1. The molecule has 0 aliphatic carbocycles. The maximum absolute atomic E-state index is 13.0. The molecule has 1 N–H and O–H groups in total. The van der Waals surface area contributed by atoms with Crippen LogP contribution in [0.5, 0.6) is 0 Å². The molecule has 1 aliphatic heterocycles. The molecule has 0 aromatic heterocycles. The molecule has 0 bridgehead atoms. The number of hydrogen-bond acceptors (Lipinski definition) is 5. The number of rotatable bonds is 4. The van der Waals surface area contributed by atoms with Gasteiger partial charge in [0, 0.05) is 29.2 Å². The van der Waals surface area contributed by atoms with Crippen molar-refractivity contribution in [1.82, 2.24) is 0 Å². The molecule has 12 heteroatoms. The zero-order valence-corrected chi connectivity index (χ0v) is 15.2. The Morgan fingerprint density at radius 2 is 1.75 bits per heavy atom. The molecule has 5 nitrogen and oxygen atoms in total. The highest BCUT2D eigenvalue weighted by Gasteiger charge is 2.71. The number of alkyl halides is 6. The van der Waals surface area contributed by atoms with Gasteiger partial charge in [0.05, 0.1) is 19.2 Å². The summed E-state index contributed by atoms with van der Waals surface area (Å²) in [5.41, 5.74) is -6.31. The summed E-state index contributed by atoms with van der Waals surface area (Å²) in [7, 11) is 1.14. The molecular formula is C16H15F6NO4S. The lowest BCUT2D eigenvalue weighted by molar-refractivity contribution is -0.376. The van der Waals surface area contributed by atoms with E-state index in [-0.39, 0.29) is 35.7 Å². The Labute approximate surface area is 159 Å². The minimum atomic E-state index is -5.99. The fourth-order valence-electron chi connectivity index (χ4n) is 2.64. The predicted octanol–water partition coefficient (Wildman–Crippen LogP) is 3.39. The van der Waals surface area contributed by atoms with Crippen LogP contribution in [-0.2, 0) is 19.9 Å². The molecule has 0 unspecified atom stereocenters. The monoisotopic (exact) mass is 431 g/mol. The molecule has 0 spiro atoms. The minimum absolute atomic E-state index is 0.0120. The van der Waals surface area contributed by atoms with Crippen molar-refractivity contribution >= 4 is 29.3 Å². The predicted molar refractivity (Wildman–Crippen MR) is 86.8 cm³/mol.